The summed E-state index contributed by atoms with van der Waals surface area (Å²) in [6.45, 7) is 0. The number of aliphatic carboxylic acids is 1. The fraction of sp³-hybridized carbons (Fsp3) is 0.143. The second kappa shape index (κ2) is 5.65. The largest absolute Gasteiger partial charge is 0.481 e. The van der Waals surface area contributed by atoms with Gasteiger partial charge in [0.05, 0.1) is 5.92 Å². The second-order valence-electron chi connectivity index (χ2n) is 3.99. The molecule has 1 aromatic heterocycles. The summed E-state index contributed by atoms with van der Waals surface area (Å²) in [7, 11) is 0. The van der Waals surface area contributed by atoms with E-state index in [0.717, 1.165) is 11.1 Å². The highest BCUT2D eigenvalue weighted by Crippen LogP contribution is 2.21. The Morgan fingerprint density at radius 3 is 2.50 bits per heavy atom. The average Bonchev–Trinajstić information content (AvgIpc) is 2.38. The Hall–Kier alpha value is -1.87. The van der Waals surface area contributed by atoms with Crippen LogP contribution >= 0.6 is 11.6 Å². The summed E-state index contributed by atoms with van der Waals surface area (Å²) in [6, 6.07) is 12.7. The molecule has 0 saturated heterocycles. The van der Waals surface area contributed by atoms with Gasteiger partial charge in [0.2, 0.25) is 0 Å². The molecule has 0 bridgehead atoms. The first-order valence-corrected chi connectivity index (χ1v) is 5.93. The van der Waals surface area contributed by atoms with Gasteiger partial charge in [-0.2, -0.15) is 0 Å². The molecule has 0 saturated carbocycles. The van der Waals surface area contributed by atoms with Crippen molar-refractivity contribution in [2.75, 3.05) is 0 Å². The van der Waals surface area contributed by atoms with Gasteiger partial charge in [0.25, 0.3) is 0 Å². The topological polar surface area (TPSA) is 50.2 Å². The zero-order valence-electron chi connectivity index (χ0n) is 9.58. The summed E-state index contributed by atoms with van der Waals surface area (Å²) < 4.78 is 0. The molecule has 1 atom stereocenters. The molecular weight excluding hydrogens is 250 g/mol. The number of carbonyl (C=O) groups is 1. The number of hydrogen-bond acceptors (Lipinski definition) is 2. The van der Waals surface area contributed by atoms with Crippen molar-refractivity contribution in [3.8, 4) is 0 Å². The molecule has 2 rings (SSSR count). The van der Waals surface area contributed by atoms with Crippen LogP contribution in [0.15, 0.2) is 48.7 Å². The Balaban J connectivity index is 2.22. The number of rotatable bonds is 4. The van der Waals surface area contributed by atoms with Crippen molar-refractivity contribution in [3.05, 3.63) is 64.9 Å². The summed E-state index contributed by atoms with van der Waals surface area (Å²) in [5.74, 6) is -1.40. The Bertz CT molecular complexity index is 525. The molecule has 0 aliphatic carbocycles. The maximum absolute atomic E-state index is 11.3. The monoisotopic (exact) mass is 261 g/mol. The lowest BCUT2D eigenvalue weighted by atomic mass is 9.93. The maximum atomic E-state index is 11.3. The van der Waals surface area contributed by atoms with Crippen molar-refractivity contribution in [3.63, 3.8) is 0 Å². The van der Waals surface area contributed by atoms with Gasteiger partial charge >= 0.3 is 5.97 Å². The fourth-order valence-corrected chi connectivity index (χ4v) is 1.91. The number of hydrogen-bond donors (Lipinski definition) is 1. The molecule has 3 nitrogen and oxygen atoms in total. The summed E-state index contributed by atoms with van der Waals surface area (Å²) in [5.41, 5.74) is 1.65. The van der Waals surface area contributed by atoms with Gasteiger partial charge in [0.15, 0.2) is 0 Å². The zero-order valence-corrected chi connectivity index (χ0v) is 10.3. The molecule has 0 radical (unpaired) electrons. The van der Waals surface area contributed by atoms with Gasteiger partial charge in [-0.15, -0.1) is 0 Å². The molecule has 92 valence electrons. The summed E-state index contributed by atoms with van der Waals surface area (Å²) in [4.78, 5) is 15.3. The molecule has 0 spiro atoms. The van der Waals surface area contributed by atoms with E-state index >= 15 is 0 Å². The van der Waals surface area contributed by atoms with E-state index in [1.54, 1.807) is 18.3 Å². The predicted molar refractivity (Wildman–Crippen MR) is 69.8 cm³/mol. The smallest absolute Gasteiger partial charge is 0.311 e. The Labute approximate surface area is 110 Å². The lowest BCUT2D eigenvalue weighted by molar-refractivity contribution is -0.138. The molecule has 1 heterocycles. The molecule has 1 unspecified atom stereocenters. The van der Waals surface area contributed by atoms with Crippen LogP contribution in [-0.2, 0) is 11.2 Å². The van der Waals surface area contributed by atoms with Crippen LogP contribution in [0.4, 0.5) is 0 Å². The predicted octanol–water partition coefficient (Wildman–Crippen LogP) is 3.15. The summed E-state index contributed by atoms with van der Waals surface area (Å²) in [6.07, 6.45) is 2.02. The van der Waals surface area contributed by atoms with Crippen LogP contribution in [0.5, 0.6) is 0 Å². The van der Waals surface area contributed by atoms with Crippen molar-refractivity contribution in [2.45, 2.75) is 12.3 Å². The van der Waals surface area contributed by atoms with Gasteiger partial charge in [-0.1, -0.05) is 48.0 Å². The van der Waals surface area contributed by atoms with E-state index in [1.807, 2.05) is 30.3 Å². The van der Waals surface area contributed by atoms with E-state index in [-0.39, 0.29) is 0 Å². The van der Waals surface area contributed by atoms with Crippen LogP contribution < -0.4 is 0 Å². The van der Waals surface area contributed by atoms with Gasteiger partial charge in [-0.3, -0.25) is 4.79 Å². The SMILES string of the molecule is O=C(O)C(Cc1ccc(Cl)nc1)c1ccccc1. The summed E-state index contributed by atoms with van der Waals surface area (Å²) >= 11 is 5.70. The molecule has 18 heavy (non-hydrogen) atoms. The highest BCUT2D eigenvalue weighted by molar-refractivity contribution is 6.29. The molecule has 1 aromatic carbocycles. The molecule has 0 aliphatic heterocycles. The van der Waals surface area contributed by atoms with Gasteiger partial charge in [0, 0.05) is 6.20 Å². The summed E-state index contributed by atoms with van der Waals surface area (Å²) in [5, 5.41) is 9.70. The number of benzene rings is 1. The zero-order chi connectivity index (χ0) is 13.0. The Kier molecular flexibility index (Phi) is 3.95. The third-order valence-electron chi connectivity index (χ3n) is 2.73. The van der Waals surface area contributed by atoms with Crippen LogP contribution in [0, 0.1) is 0 Å². The van der Waals surface area contributed by atoms with Crippen LogP contribution in [0.2, 0.25) is 5.15 Å². The minimum atomic E-state index is -0.837. The van der Waals surface area contributed by atoms with Crippen molar-refractivity contribution in [2.24, 2.45) is 0 Å². The molecule has 2 aromatic rings. The number of carboxylic acid groups (broad SMARTS) is 1. The normalized spacial score (nSPS) is 12.1. The maximum Gasteiger partial charge on any atom is 0.311 e. The molecule has 0 amide bonds. The van der Waals surface area contributed by atoms with E-state index in [4.69, 9.17) is 11.6 Å². The van der Waals surface area contributed by atoms with E-state index in [2.05, 4.69) is 4.98 Å². The third-order valence-corrected chi connectivity index (χ3v) is 2.95. The number of aromatic nitrogens is 1. The van der Waals surface area contributed by atoms with E-state index in [1.165, 1.54) is 0 Å². The lowest BCUT2D eigenvalue weighted by Crippen LogP contribution is -2.14. The van der Waals surface area contributed by atoms with Gasteiger partial charge in [-0.05, 0) is 23.6 Å². The Morgan fingerprint density at radius 1 is 1.22 bits per heavy atom. The lowest BCUT2D eigenvalue weighted by Gasteiger charge is -2.12. The second-order valence-corrected chi connectivity index (χ2v) is 4.38. The molecule has 4 heteroatoms. The number of halogens is 1. The Morgan fingerprint density at radius 2 is 1.94 bits per heavy atom. The number of carboxylic acids is 1. The first-order chi connectivity index (χ1) is 8.66. The van der Waals surface area contributed by atoms with Crippen molar-refractivity contribution in [1.82, 2.24) is 4.98 Å². The minimum absolute atomic E-state index is 0.406. The van der Waals surface area contributed by atoms with Gasteiger partial charge in [0.1, 0.15) is 5.15 Å². The van der Waals surface area contributed by atoms with E-state index < -0.39 is 11.9 Å². The molecular formula is C14H12ClNO2. The third kappa shape index (κ3) is 3.08. The minimum Gasteiger partial charge on any atom is -0.481 e. The number of pyridine rings is 1. The van der Waals surface area contributed by atoms with Crippen LogP contribution in [0.1, 0.15) is 17.0 Å². The van der Waals surface area contributed by atoms with Crippen LogP contribution in [-0.4, -0.2) is 16.1 Å². The average molecular weight is 262 g/mol. The van der Waals surface area contributed by atoms with Crippen molar-refractivity contribution < 1.29 is 9.90 Å². The first-order valence-electron chi connectivity index (χ1n) is 5.55. The quantitative estimate of drug-likeness (QED) is 0.860. The molecule has 0 fully saturated rings. The standard InChI is InChI=1S/C14H12ClNO2/c15-13-7-6-10(9-16-13)8-12(14(17)18)11-4-2-1-3-5-11/h1-7,9,12H,8H2,(H,17,18). The van der Waals surface area contributed by atoms with E-state index in [9.17, 15) is 9.90 Å². The molecule has 0 aliphatic rings. The van der Waals surface area contributed by atoms with Crippen molar-refractivity contribution >= 4 is 17.6 Å². The highest BCUT2D eigenvalue weighted by atomic mass is 35.5. The first kappa shape index (κ1) is 12.6. The van der Waals surface area contributed by atoms with E-state index in [0.29, 0.717) is 11.6 Å². The van der Waals surface area contributed by atoms with Crippen LogP contribution in [0.3, 0.4) is 0 Å². The van der Waals surface area contributed by atoms with Gasteiger partial charge in [-0.25, -0.2) is 4.98 Å². The van der Waals surface area contributed by atoms with Crippen LogP contribution in [0.25, 0.3) is 0 Å². The molecule has 1 N–H and O–H groups in total. The fourth-order valence-electron chi connectivity index (χ4n) is 1.80. The number of nitrogens with zero attached hydrogens (tertiary/aromatic N) is 1. The van der Waals surface area contributed by atoms with Crippen molar-refractivity contribution in [1.29, 1.82) is 0 Å². The highest BCUT2D eigenvalue weighted by Gasteiger charge is 2.20. The van der Waals surface area contributed by atoms with Gasteiger partial charge < -0.3 is 5.11 Å².